The van der Waals surface area contributed by atoms with Gasteiger partial charge in [-0.05, 0) is 68.1 Å². The van der Waals surface area contributed by atoms with Crippen LogP contribution in [-0.4, -0.2) is 51.6 Å². The third-order valence-corrected chi connectivity index (χ3v) is 12.6. The lowest BCUT2D eigenvalue weighted by Crippen LogP contribution is -2.59. The van der Waals surface area contributed by atoms with E-state index in [0.29, 0.717) is 6.42 Å². The summed E-state index contributed by atoms with van der Waals surface area (Å²) >= 11 is 0. The van der Waals surface area contributed by atoms with Gasteiger partial charge in [0.1, 0.15) is 6.10 Å². The van der Waals surface area contributed by atoms with E-state index in [9.17, 15) is 20.1 Å². The number of hydrogen-bond acceptors (Lipinski definition) is 5. The first-order chi connectivity index (χ1) is 15.9. The number of carbonyl (C=O) groups is 1. The highest BCUT2D eigenvalue weighted by Crippen LogP contribution is 2.75. The third kappa shape index (κ3) is 2.68. The molecule has 10 unspecified atom stereocenters. The van der Waals surface area contributed by atoms with Crippen molar-refractivity contribution in [2.75, 3.05) is 6.61 Å². The fraction of sp³-hybridized carbons (Fsp3) is 0.897. The first kappa shape index (κ1) is 24.9. The van der Waals surface area contributed by atoms with Gasteiger partial charge in [-0.2, -0.15) is 0 Å². The highest BCUT2D eigenvalue weighted by Gasteiger charge is 2.73. The molecule has 192 valence electrons. The molecule has 34 heavy (non-hydrogen) atoms. The van der Waals surface area contributed by atoms with Crippen molar-refractivity contribution >= 4 is 5.78 Å². The van der Waals surface area contributed by atoms with Gasteiger partial charge in [0.2, 0.25) is 0 Å². The Morgan fingerprint density at radius 1 is 1.00 bits per heavy atom. The van der Waals surface area contributed by atoms with Crippen LogP contribution < -0.4 is 0 Å². The molecule has 0 radical (unpaired) electrons. The van der Waals surface area contributed by atoms with Gasteiger partial charge >= 0.3 is 0 Å². The predicted molar refractivity (Wildman–Crippen MR) is 131 cm³/mol. The Kier molecular flexibility index (Phi) is 5.59. The molecule has 0 aromatic carbocycles. The molecule has 5 aliphatic rings. The maximum atomic E-state index is 12.7. The summed E-state index contributed by atoms with van der Waals surface area (Å²) in [4.78, 5) is 12.7. The molecule has 0 amide bonds. The monoisotopic (exact) mass is 474 g/mol. The molecule has 3 N–H and O–H groups in total. The van der Waals surface area contributed by atoms with E-state index in [1.54, 1.807) is 11.1 Å². The maximum absolute atomic E-state index is 12.7. The molecule has 0 aromatic rings. The Morgan fingerprint density at radius 2 is 1.71 bits per heavy atom. The SMILES string of the molecule is CCC(=O)C1OC2(CCC3(C)C4=C(CCC32C)C2(C)CCC(O)C(C)(CO)C2CC4)C(C)C1O. The molecule has 1 saturated heterocycles. The summed E-state index contributed by atoms with van der Waals surface area (Å²) in [7, 11) is 0. The van der Waals surface area contributed by atoms with Crippen molar-refractivity contribution in [1.29, 1.82) is 0 Å². The molecule has 3 fully saturated rings. The van der Waals surface area contributed by atoms with Crippen molar-refractivity contribution in [1.82, 2.24) is 0 Å². The van der Waals surface area contributed by atoms with Crippen LogP contribution >= 0.6 is 0 Å². The van der Waals surface area contributed by atoms with Gasteiger partial charge in [-0.15, -0.1) is 0 Å². The van der Waals surface area contributed by atoms with Crippen LogP contribution in [0.5, 0.6) is 0 Å². The lowest BCUT2D eigenvalue weighted by Gasteiger charge is -2.63. The van der Waals surface area contributed by atoms with Gasteiger partial charge in [-0.25, -0.2) is 0 Å². The maximum Gasteiger partial charge on any atom is 0.163 e. The van der Waals surface area contributed by atoms with E-state index in [1.807, 2.05) is 6.92 Å². The number of aliphatic hydroxyl groups excluding tert-OH is 3. The number of carbonyl (C=O) groups excluding carboxylic acids is 1. The number of ketones is 1. The molecule has 5 nitrogen and oxygen atoms in total. The fourth-order valence-electron chi connectivity index (χ4n) is 10.1. The molecule has 1 spiro atoms. The van der Waals surface area contributed by atoms with E-state index in [2.05, 4.69) is 34.6 Å². The highest BCUT2D eigenvalue weighted by atomic mass is 16.5. The number of ether oxygens (including phenoxy) is 1. The zero-order valence-corrected chi connectivity index (χ0v) is 22.1. The first-order valence-electron chi connectivity index (χ1n) is 13.8. The molecule has 10 atom stereocenters. The Bertz CT molecular complexity index is 912. The molecule has 1 heterocycles. The van der Waals surface area contributed by atoms with Crippen molar-refractivity contribution in [2.24, 2.45) is 33.5 Å². The average Bonchev–Trinajstić information content (AvgIpc) is 3.22. The van der Waals surface area contributed by atoms with Gasteiger partial charge in [0, 0.05) is 23.2 Å². The topological polar surface area (TPSA) is 87.0 Å². The minimum absolute atomic E-state index is 0.00671. The van der Waals surface area contributed by atoms with E-state index >= 15 is 0 Å². The average molecular weight is 475 g/mol. The molecular weight excluding hydrogens is 428 g/mol. The minimum atomic E-state index is -0.736. The molecule has 5 heteroatoms. The van der Waals surface area contributed by atoms with Crippen molar-refractivity contribution in [2.45, 2.75) is 123 Å². The second-order valence-corrected chi connectivity index (χ2v) is 13.4. The summed E-state index contributed by atoms with van der Waals surface area (Å²) in [5.41, 5.74) is 2.08. The van der Waals surface area contributed by atoms with E-state index in [4.69, 9.17) is 4.74 Å². The zero-order chi connectivity index (χ0) is 24.9. The van der Waals surface area contributed by atoms with Crippen molar-refractivity contribution in [3.63, 3.8) is 0 Å². The minimum Gasteiger partial charge on any atom is -0.396 e. The smallest absolute Gasteiger partial charge is 0.163 e. The van der Waals surface area contributed by atoms with Crippen molar-refractivity contribution < 1.29 is 24.9 Å². The summed E-state index contributed by atoms with van der Waals surface area (Å²) < 4.78 is 6.71. The number of aliphatic hydroxyl groups is 3. The van der Waals surface area contributed by atoms with Crippen LogP contribution in [0.2, 0.25) is 0 Å². The summed E-state index contributed by atoms with van der Waals surface area (Å²) in [5.74, 6) is 0.225. The molecule has 2 saturated carbocycles. The van der Waals surface area contributed by atoms with Crippen LogP contribution in [0.25, 0.3) is 0 Å². The van der Waals surface area contributed by atoms with Crippen molar-refractivity contribution in [3.05, 3.63) is 11.1 Å². The second kappa shape index (κ2) is 7.63. The van der Waals surface area contributed by atoms with E-state index in [1.165, 1.54) is 0 Å². The van der Waals surface area contributed by atoms with Crippen LogP contribution in [0.1, 0.15) is 99.3 Å². The van der Waals surface area contributed by atoms with Crippen LogP contribution in [0, 0.1) is 33.5 Å². The molecule has 5 rings (SSSR count). The number of Topliss-reactive ketones (excluding diaryl/α,β-unsaturated/α-hetero) is 1. The molecular formula is C29H46O5. The largest absolute Gasteiger partial charge is 0.396 e. The standard InChI is InChI=1S/C29H46O5/c1-7-20(31)24-23(33)17(2)29(34-24)15-14-27(5)19-8-9-21-25(3,18(19)10-13-28(27,29)6)12-11-22(32)26(21,4)16-30/h17,21-24,30,32-33H,7-16H2,1-6H3. The number of allylic oxidation sites excluding steroid dienone is 2. The van der Waals surface area contributed by atoms with Gasteiger partial charge in [-0.1, -0.05) is 52.7 Å². The lowest BCUT2D eigenvalue weighted by atomic mass is 9.42. The summed E-state index contributed by atoms with van der Waals surface area (Å²) in [6.07, 6.45) is 6.14. The van der Waals surface area contributed by atoms with Crippen LogP contribution in [0.15, 0.2) is 11.1 Å². The second-order valence-electron chi connectivity index (χ2n) is 13.4. The van der Waals surface area contributed by atoms with Gasteiger partial charge < -0.3 is 20.1 Å². The van der Waals surface area contributed by atoms with E-state index in [0.717, 1.165) is 51.4 Å². The Hall–Kier alpha value is -0.750. The number of fused-ring (bicyclic) bond motifs is 5. The predicted octanol–water partition coefficient (Wildman–Crippen LogP) is 4.57. The summed E-state index contributed by atoms with van der Waals surface area (Å²) in [6, 6.07) is 0. The first-order valence-corrected chi connectivity index (χ1v) is 13.8. The molecule has 1 aliphatic heterocycles. The number of rotatable bonds is 3. The Labute approximate surface area is 205 Å². The number of hydrogen-bond donors (Lipinski definition) is 3. The fourth-order valence-corrected chi connectivity index (χ4v) is 10.1. The van der Waals surface area contributed by atoms with Crippen LogP contribution in [0.4, 0.5) is 0 Å². The third-order valence-electron chi connectivity index (χ3n) is 12.6. The van der Waals surface area contributed by atoms with Gasteiger partial charge in [0.25, 0.3) is 0 Å². The Balaban J connectivity index is 1.57. The molecule has 0 aromatic heterocycles. The highest BCUT2D eigenvalue weighted by molar-refractivity contribution is 5.84. The van der Waals surface area contributed by atoms with Gasteiger partial charge in [-0.3, -0.25) is 4.79 Å². The van der Waals surface area contributed by atoms with Crippen molar-refractivity contribution in [3.8, 4) is 0 Å². The van der Waals surface area contributed by atoms with E-state index < -0.39 is 29.3 Å². The van der Waals surface area contributed by atoms with E-state index in [-0.39, 0.29) is 40.5 Å². The molecule has 0 bridgehead atoms. The summed E-state index contributed by atoms with van der Waals surface area (Å²) in [6.45, 7) is 13.3. The summed E-state index contributed by atoms with van der Waals surface area (Å²) in [5, 5.41) is 32.3. The van der Waals surface area contributed by atoms with Crippen LogP contribution in [-0.2, 0) is 9.53 Å². The van der Waals surface area contributed by atoms with Gasteiger partial charge in [0.05, 0.1) is 24.4 Å². The lowest BCUT2D eigenvalue weighted by molar-refractivity contribution is -0.164. The Morgan fingerprint density at radius 3 is 2.35 bits per heavy atom. The quantitative estimate of drug-likeness (QED) is 0.522. The van der Waals surface area contributed by atoms with Gasteiger partial charge in [0.15, 0.2) is 5.78 Å². The van der Waals surface area contributed by atoms with Crippen LogP contribution in [0.3, 0.4) is 0 Å². The molecule has 4 aliphatic carbocycles. The zero-order valence-electron chi connectivity index (χ0n) is 22.1. The normalized spacial score (nSPS) is 54.7.